The molecule has 1 aliphatic rings. The van der Waals surface area contributed by atoms with Gasteiger partial charge in [0.05, 0.1) is 18.3 Å². The zero-order chi connectivity index (χ0) is 19.7. The Labute approximate surface area is 178 Å². The van der Waals surface area contributed by atoms with Crippen molar-refractivity contribution in [2.45, 2.75) is 13.3 Å². The Kier molecular flexibility index (Phi) is 6.50. The van der Waals surface area contributed by atoms with E-state index >= 15 is 0 Å². The van der Waals surface area contributed by atoms with E-state index in [1.54, 1.807) is 7.11 Å². The molecule has 0 fully saturated rings. The Bertz CT molecular complexity index is 990. The van der Waals surface area contributed by atoms with Crippen LogP contribution >= 0.6 is 12.4 Å². The number of rotatable bonds is 6. The number of fused-ring (bicyclic) bond motifs is 3. The first-order valence-electron chi connectivity index (χ1n) is 9.69. The number of aromatic nitrogens is 1. The van der Waals surface area contributed by atoms with Gasteiger partial charge in [0.2, 0.25) is 0 Å². The molecule has 1 aliphatic heterocycles. The van der Waals surface area contributed by atoms with Gasteiger partial charge in [-0.2, -0.15) is 0 Å². The van der Waals surface area contributed by atoms with Crippen LogP contribution in [0.5, 0.6) is 11.5 Å². The number of methoxy groups -OCH3 is 1. The second kappa shape index (κ2) is 8.89. The van der Waals surface area contributed by atoms with E-state index < -0.39 is 0 Å². The predicted octanol–water partition coefficient (Wildman–Crippen LogP) is 4.61. The number of ether oxygens (including phenoxy) is 2. The molecule has 29 heavy (non-hydrogen) atoms. The van der Waals surface area contributed by atoms with Crippen LogP contribution in [0.25, 0.3) is 10.9 Å². The first kappa shape index (κ1) is 21.2. The van der Waals surface area contributed by atoms with Gasteiger partial charge >= 0.3 is 0 Å². The van der Waals surface area contributed by atoms with E-state index in [1.165, 1.54) is 16.9 Å². The molecule has 2 heterocycles. The van der Waals surface area contributed by atoms with Crippen LogP contribution in [0.2, 0.25) is 0 Å². The standard InChI is InChI=1S/C23H27N3O2.ClH/c1-16-20-11-12-26(17-5-7-18(8-6-17)28-14-13-25(2)3)23(20)21-15-19(27-4)9-10-22(21)24-16;/h5-10,15H,11-14H2,1-4H3;1H. The molecule has 6 heteroatoms. The maximum atomic E-state index is 5.84. The van der Waals surface area contributed by atoms with Gasteiger partial charge in [-0.3, -0.25) is 4.98 Å². The summed E-state index contributed by atoms with van der Waals surface area (Å²) in [6.45, 7) is 4.65. The number of nitrogens with zero attached hydrogens (tertiary/aromatic N) is 3. The lowest BCUT2D eigenvalue weighted by molar-refractivity contribution is 0.261. The van der Waals surface area contributed by atoms with Gasteiger partial charge < -0.3 is 19.3 Å². The minimum atomic E-state index is 0. The molecule has 0 atom stereocenters. The number of hydrogen-bond donors (Lipinski definition) is 0. The fourth-order valence-electron chi connectivity index (χ4n) is 3.78. The molecule has 0 saturated heterocycles. The van der Waals surface area contributed by atoms with Crippen molar-refractivity contribution in [1.82, 2.24) is 9.88 Å². The van der Waals surface area contributed by atoms with E-state index in [0.29, 0.717) is 6.61 Å². The van der Waals surface area contributed by atoms with Gasteiger partial charge in [0.15, 0.2) is 0 Å². The second-order valence-electron chi connectivity index (χ2n) is 7.45. The van der Waals surface area contributed by atoms with Crippen LogP contribution < -0.4 is 14.4 Å². The van der Waals surface area contributed by atoms with Crippen molar-refractivity contribution >= 4 is 34.7 Å². The maximum Gasteiger partial charge on any atom is 0.119 e. The smallest absolute Gasteiger partial charge is 0.119 e. The van der Waals surface area contributed by atoms with Gasteiger partial charge in [0, 0.05) is 29.9 Å². The fraction of sp³-hybridized carbons (Fsp3) is 0.348. The number of aryl methyl sites for hydroxylation is 1. The molecule has 0 saturated carbocycles. The first-order chi connectivity index (χ1) is 13.6. The molecule has 1 aromatic heterocycles. The van der Waals surface area contributed by atoms with Crippen LogP contribution in [0.4, 0.5) is 11.4 Å². The number of benzene rings is 2. The van der Waals surface area contributed by atoms with Gasteiger partial charge in [-0.25, -0.2) is 0 Å². The van der Waals surface area contributed by atoms with E-state index in [2.05, 4.69) is 47.1 Å². The zero-order valence-corrected chi connectivity index (χ0v) is 18.3. The van der Waals surface area contributed by atoms with Gasteiger partial charge in [0.1, 0.15) is 18.1 Å². The summed E-state index contributed by atoms with van der Waals surface area (Å²) >= 11 is 0. The van der Waals surface area contributed by atoms with Crippen LogP contribution in [0.3, 0.4) is 0 Å². The number of anilines is 2. The van der Waals surface area contributed by atoms with Crippen LogP contribution in [-0.4, -0.2) is 50.8 Å². The van der Waals surface area contributed by atoms with E-state index in [1.807, 2.05) is 26.2 Å². The van der Waals surface area contributed by atoms with Crippen molar-refractivity contribution in [3.8, 4) is 11.5 Å². The molecule has 3 aromatic rings. The molecular weight excluding hydrogens is 386 g/mol. The first-order valence-corrected chi connectivity index (χ1v) is 9.69. The van der Waals surface area contributed by atoms with E-state index in [4.69, 9.17) is 14.5 Å². The van der Waals surface area contributed by atoms with Crippen molar-refractivity contribution in [3.63, 3.8) is 0 Å². The fourth-order valence-corrected chi connectivity index (χ4v) is 3.78. The van der Waals surface area contributed by atoms with Gasteiger partial charge in [-0.1, -0.05) is 0 Å². The summed E-state index contributed by atoms with van der Waals surface area (Å²) in [5, 5.41) is 1.14. The molecular formula is C23H28ClN3O2. The molecule has 0 aliphatic carbocycles. The minimum absolute atomic E-state index is 0. The van der Waals surface area contributed by atoms with Crippen molar-refractivity contribution in [2.75, 3.05) is 45.8 Å². The van der Waals surface area contributed by atoms with Crippen LogP contribution in [0, 0.1) is 6.92 Å². The minimum Gasteiger partial charge on any atom is -0.497 e. The molecule has 0 bridgehead atoms. The SMILES string of the molecule is COc1ccc2nc(C)c3c(c2c1)N(c1ccc(OCCN(C)C)cc1)CC3.Cl. The van der Waals surface area contributed by atoms with E-state index in [-0.39, 0.29) is 12.4 Å². The third-order valence-electron chi connectivity index (χ3n) is 5.28. The van der Waals surface area contributed by atoms with Crippen molar-refractivity contribution < 1.29 is 9.47 Å². The monoisotopic (exact) mass is 413 g/mol. The topological polar surface area (TPSA) is 37.8 Å². The van der Waals surface area contributed by atoms with Crippen molar-refractivity contribution in [2.24, 2.45) is 0 Å². The largest absolute Gasteiger partial charge is 0.497 e. The Balaban J connectivity index is 0.00000240. The molecule has 0 spiro atoms. The lowest BCUT2D eigenvalue weighted by atomic mass is 10.1. The van der Waals surface area contributed by atoms with Gasteiger partial charge in [-0.05, 0) is 75.5 Å². The summed E-state index contributed by atoms with van der Waals surface area (Å²) in [6, 6.07) is 14.5. The Morgan fingerprint density at radius 2 is 1.79 bits per heavy atom. The zero-order valence-electron chi connectivity index (χ0n) is 17.4. The van der Waals surface area contributed by atoms with Crippen molar-refractivity contribution in [3.05, 3.63) is 53.7 Å². The summed E-state index contributed by atoms with van der Waals surface area (Å²) in [7, 11) is 5.80. The highest BCUT2D eigenvalue weighted by atomic mass is 35.5. The maximum absolute atomic E-state index is 5.84. The van der Waals surface area contributed by atoms with Crippen LogP contribution in [0.1, 0.15) is 11.3 Å². The molecule has 0 N–H and O–H groups in total. The molecule has 0 unspecified atom stereocenters. The van der Waals surface area contributed by atoms with Crippen molar-refractivity contribution in [1.29, 1.82) is 0 Å². The predicted molar refractivity (Wildman–Crippen MR) is 121 cm³/mol. The highest BCUT2D eigenvalue weighted by Gasteiger charge is 2.26. The molecule has 154 valence electrons. The summed E-state index contributed by atoms with van der Waals surface area (Å²) in [4.78, 5) is 9.31. The lowest BCUT2D eigenvalue weighted by Gasteiger charge is -2.22. The number of likely N-dealkylation sites (N-methyl/N-ethyl adjacent to an activating group) is 1. The van der Waals surface area contributed by atoms with E-state index in [0.717, 1.165) is 47.6 Å². The highest BCUT2D eigenvalue weighted by Crippen LogP contribution is 2.42. The lowest BCUT2D eigenvalue weighted by Crippen LogP contribution is -2.19. The molecule has 0 amide bonds. The normalized spacial score (nSPS) is 12.8. The average molecular weight is 414 g/mol. The number of hydrogen-bond acceptors (Lipinski definition) is 5. The Morgan fingerprint density at radius 1 is 1.07 bits per heavy atom. The van der Waals surface area contributed by atoms with Gasteiger partial charge in [-0.15, -0.1) is 12.4 Å². The molecule has 2 aromatic carbocycles. The third kappa shape index (κ3) is 4.26. The van der Waals surface area contributed by atoms with Crippen LogP contribution in [-0.2, 0) is 6.42 Å². The molecule has 5 nitrogen and oxygen atoms in total. The van der Waals surface area contributed by atoms with Gasteiger partial charge in [0.25, 0.3) is 0 Å². The molecule has 4 rings (SSSR count). The summed E-state index contributed by atoms with van der Waals surface area (Å²) in [5.74, 6) is 1.76. The summed E-state index contributed by atoms with van der Waals surface area (Å²) in [6.07, 6.45) is 1.00. The van der Waals surface area contributed by atoms with Crippen LogP contribution in [0.15, 0.2) is 42.5 Å². The average Bonchev–Trinajstić information content (AvgIpc) is 3.14. The number of halogens is 1. The summed E-state index contributed by atoms with van der Waals surface area (Å²) in [5.41, 5.74) is 5.87. The number of pyridine rings is 1. The quantitative estimate of drug-likeness (QED) is 0.590. The Morgan fingerprint density at radius 3 is 2.48 bits per heavy atom. The second-order valence-corrected chi connectivity index (χ2v) is 7.45. The highest BCUT2D eigenvalue weighted by molar-refractivity contribution is 5.98. The Hall–Kier alpha value is -2.50. The summed E-state index contributed by atoms with van der Waals surface area (Å²) < 4.78 is 11.3. The third-order valence-corrected chi connectivity index (χ3v) is 5.28. The van der Waals surface area contributed by atoms with E-state index in [9.17, 15) is 0 Å². The molecule has 0 radical (unpaired) electrons.